The van der Waals surface area contributed by atoms with Gasteiger partial charge in [0.05, 0.1) is 6.61 Å². The van der Waals surface area contributed by atoms with E-state index in [-0.39, 0.29) is 0 Å². The number of aliphatic hydroxyl groups excluding tert-OH is 4. The van der Waals surface area contributed by atoms with E-state index in [4.69, 9.17) is 9.84 Å². The van der Waals surface area contributed by atoms with Crippen molar-refractivity contribution in [3.05, 3.63) is 35.9 Å². The summed E-state index contributed by atoms with van der Waals surface area (Å²) in [7, 11) is 0. The molecule has 2 rings (SSSR count). The molecule has 1 aliphatic rings. The molecule has 0 amide bonds. The van der Waals surface area contributed by atoms with Crippen LogP contribution in [-0.2, 0) is 11.3 Å². The summed E-state index contributed by atoms with van der Waals surface area (Å²) in [5.74, 6) is 0. The van der Waals surface area contributed by atoms with Crippen molar-refractivity contribution < 1.29 is 25.2 Å². The number of aliphatic hydroxyl groups is 4. The third kappa shape index (κ3) is 3.30. The van der Waals surface area contributed by atoms with Crippen LogP contribution in [0.25, 0.3) is 0 Å². The molecule has 0 saturated carbocycles. The van der Waals surface area contributed by atoms with Crippen molar-refractivity contribution in [2.45, 2.75) is 37.2 Å². The van der Waals surface area contributed by atoms with E-state index in [2.05, 4.69) is 5.32 Å². The van der Waals surface area contributed by atoms with Gasteiger partial charge in [0.2, 0.25) is 0 Å². The van der Waals surface area contributed by atoms with E-state index in [1.807, 2.05) is 30.3 Å². The molecule has 5 atom stereocenters. The van der Waals surface area contributed by atoms with Gasteiger partial charge in [-0.1, -0.05) is 30.3 Å². The van der Waals surface area contributed by atoms with Crippen LogP contribution in [0.4, 0.5) is 0 Å². The average molecular weight is 269 g/mol. The maximum absolute atomic E-state index is 9.82. The molecule has 1 saturated heterocycles. The van der Waals surface area contributed by atoms with Gasteiger partial charge >= 0.3 is 0 Å². The second-order valence-electron chi connectivity index (χ2n) is 4.62. The van der Waals surface area contributed by atoms with Gasteiger partial charge in [0, 0.05) is 6.54 Å². The first-order valence-electron chi connectivity index (χ1n) is 6.21. The van der Waals surface area contributed by atoms with Crippen molar-refractivity contribution in [3.8, 4) is 0 Å². The summed E-state index contributed by atoms with van der Waals surface area (Å²) in [6.07, 6.45) is -5.64. The number of benzene rings is 1. The fourth-order valence-electron chi connectivity index (χ4n) is 2.08. The Kier molecular flexibility index (Phi) is 4.87. The van der Waals surface area contributed by atoms with Crippen LogP contribution in [0.15, 0.2) is 30.3 Å². The maximum Gasteiger partial charge on any atom is 0.137 e. The monoisotopic (exact) mass is 269 g/mol. The molecule has 19 heavy (non-hydrogen) atoms. The Labute approximate surface area is 111 Å². The minimum absolute atomic E-state index is 0.422. The Morgan fingerprint density at radius 3 is 2.32 bits per heavy atom. The molecule has 0 unspecified atom stereocenters. The zero-order valence-electron chi connectivity index (χ0n) is 10.4. The van der Waals surface area contributed by atoms with Crippen LogP contribution in [0.5, 0.6) is 0 Å². The van der Waals surface area contributed by atoms with E-state index in [9.17, 15) is 15.3 Å². The Hall–Kier alpha value is -1.02. The van der Waals surface area contributed by atoms with Gasteiger partial charge in [-0.05, 0) is 5.56 Å². The fraction of sp³-hybridized carbons (Fsp3) is 0.538. The number of rotatable bonds is 4. The summed E-state index contributed by atoms with van der Waals surface area (Å²) < 4.78 is 5.33. The van der Waals surface area contributed by atoms with E-state index in [0.29, 0.717) is 6.54 Å². The second kappa shape index (κ2) is 6.42. The lowest BCUT2D eigenvalue weighted by Crippen LogP contribution is -2.62. The third-order valence-electron chi connectivity index (χ3n) is 3.24. The second-order valence-corrected chi connectivity index (χ2v) is 4.62. The Morgan fingerprint density at radius 2 is 1.68 bits per heavy atom. The summed E-state index contributed by atoms with van der Waals surface area (Å²) >= 11 is 0. The van der Waals surface area contributed by atoms with Crippen LogP contribution in [-0.4, -0.2) is 57.7 Å². The third-order valence-corrected chi connectivity index (χ3v) is 3.24. The lowest BCUT2D eigenvalue weighted by Gasteiger charge is -2.40. The smallest absolute Gasteiger partial charge is 0.137 e. The number of hydrogen-bond donors (Lipinski definition) is 5. The highest BCUT2D eigenvalue weighted by Gasteiger charge is 2.43. The van der Waals surface area contributed by atoms with Crippen LogP contribution < -0.4 is 5.32 Å². The van der Waals surface area contributed by atoms with Crippen molar-refractivity contribution in [3.63, 3.8) is 0 Å². The predicted molar refractivity (Wildman–Crippen MR) is 67.0 cm³/mol. The molecular formula is C13H19NO5. The zero-order chi connectivity index (χ0) is 13.8. The molecule has 1 heterocycles. The first-order chi connectivity index (χ1) is 9.13. The van der Waals surface area contributed by atoms with Crippen LogP contribution in [0.3, 0.4) is 0 Å². The largest absolute Gasteiger partial charge is 0.394 e. The molecule has 0 aliphatic carbocycles. The summed E-state index contributed by atoms with van der Waals surface area (Å²) in [5.41, 5.74) is 1.000. The molecule has 1 aliphatic heterocycles. The molecule has 6 nitrogen and oxygen atoms in total. The van der Waals surface area contributed by atoms with Crippen molar-refractivity contribution in [2.24, 2.45) is 0 Å². The molecule has 5 N–H and O–H groups in total. The lowest BCUT2D eigenvalue weighted by atomic mass is 9.98. The minimum Gasteiger partial charge on any atom is -0.394 e. The Bertz CT molecular complexity index is 386. The summed E-state index contributed by atoms with van der Waals surface area (Å²) in [5, 5.41) is 41.1. The molecule has 0 radical (unpaired) electrons. The molecule has 0 bridgehead atoms. The van der Waals surface area contributed by atoms with Gasteiger partial charge in [0.1, 0.15) is 30.6 Å². The van der Waals surface area contributed by atoms with Gasteiger partial charge in [-0.15, -0.1) is 0 Å². The molecule has 1 aromatic carbocycles. The standard InChI is InChI=1S/C13H19NO5/c15-7-9-10(16)11(17)12(18)13(19-9)14-6-8-4-2-1-3-5-8/h1-5,9-18H,6-7H2/t9-,10+,11+,12-,13-/m1/s1. The molecule has 1 aromatic rings. The van der Waals surface area contributed by atoms with Gasteiger partial charge in [-0.25, -0.2) is 0 Å². The number of ether oxygens (including phenoxy) is 1. The minimum atomic E-state index is -1.35. The summed E-state index contributed by atoms with van der Waals surface area (Å²) in [6, 6.07) is 9.51. The van der Waals surface area contributed by atoms with Crippen LogP contribution in [0, 0.1) is 0 Å². The van der Waals surface area contributed by atoms with Gasteiger partial charge in [0.15, 0.2) is 0 Å². The summed E-state index contributed by atoms with van der Waals surface area (Å²) in [4.78, 5) is 0. The zero-order valence-corrected chi connectivity index (χ0v) is 10.4. The normalized spacial score (nSPS) is 35.3. The van der Waals surface area contributed by atoms with E-state index in [1.54, 1.807) is 0 Å². The maximum atomic E-state index is 9.82. The highest BCUT2D eigenvalue weighted by molar-refractivity contribution is 5.14. The van der Waals surface area contributed by atoms with Crippen molar-refractivity contribution in [1.82, 2.24) is 5.32 Å². The average Bonchev–Trinajstić information content (AvgIpc) is 2.45. The summed E-state index contributed by atoms with van der Waals surface area (Å²) in [6.45, 7) is 0.0258. The Balaban J connectivity index is 1.95. The first kappa shape index (κ1) is 14.4. The van der Waals surface area contributed by atoms with Crippen molar-refractivity contribution >= 4 is 0 Å². The van der Waals surface area contributed by atoms with Crippen molar-refractivity contribution in [2.75, 3.05) is 6.61 Å². The first-order valence-corrected chi connectivity index (χ1v) is 6.21. The highest BCUT2D eigenvalue weighted by Crippen LogP contribution is 2.19. The SMILES string of the molecule is OC[C@H]1O[C@@H](NCc2ccccc2)[C@H](O)[C@@H](O)[C@H]1O. The molecule has 0 spiro atoms. The van der Waals surface area contributed by atoms with E-state index in [1.165, 1.54) is 0 Å². The van der Waals surface area contributed by atoms with Gasteiger partial charge in [-0.2, -0.15) is 0 Å². The number of hydrogen-bond acceptors (Lipinski definition) is 6. The topological polar surface area (TPSA) is 102 Å². The van der Waals surface area contributed by atoms with Crippen molar-refractivity contribution in [1.29, 1.82) is 0 Å². The van der Waals surface area contributed by atoms with Crippen LogP contribution >= 0.6 is 0 Å². The van der Waals surface area contributed by atoms with E-state index >= 15 is 0 Å². The van der Waals surface area contributed by atoms with Crippen LogP contribution in [0.1, 0.15) is 5.56 Å². The van der Waals surface area contributed by atoms with Gasteiger partial charge in [0.25, 0.3) is 0 Å². The molecular weight excluding hydrogens is 250 g/mol. The molecule has 1 fully saturated rings. The van der Waals surface area contributed by atoms with E-state index in [0.717, 1.165) is 5.56 Å². The number of nitrogens with one attached hydrogen (secondary N) is 1. The lowest BCUT2D eigenvalue weighted by molar-refractivity contribution is -0.236. The Morgan fingerprint density at radius 1 is 1.00 bits per heavy atom. The van der Waals surface area contributed by atoms with Gasteiger partial charge < -0.3 is 25.2 Å². The molecule has 0 aromatic heterocycles. The van der Waals surface area contributed by atoms with E-state index < -0.39 is 37.3 Å². The fourth-order valence-corrected chi connectivity index (χ4v) is 2.08. The van der Waals surface area contributed by atoms with Gasteiger partial charge in [-0.3, -0.25) is 5.32 Å². The quantitative estimate of drug-likeness (QED) is 0.459. The predicted octanol–water partition coefficient (Wildman–Crippen LogP) is -1.42. The highest BCUT2D eigenvalue weighted by atomic mass is 16.6. The molecule has 6 heteroatoms. The van der Waals surface area contributed by atoms with Crippen LogP contribution in [0.2, 0.25) is 0 Å². The molecule has 106 valence electrons.